The number of nitrogens with two attached hydrogens (primary N) is 1. The van der Waals surface area contributed by atoms with Gasteiger partial charge in [-0.1, -0.05) is 49.0 Å². The Morgan fingerprint density at radius 1 is 1.05 bits per heavy atom. The van der Waals surface area contributed by atoms with Crippen LogP contribution in [0.4, 0.5) is 5.95 Å². The number of aromatic nitrogens is 2. The van der Waals surface area contributed by atoms with Crippen molar-refractivity contribution >= 4 is 40.5 Å². The van der Waals surface area contributed by atoms with Crippen LogP contribution >= 0.6 is 11.9 Å². The van der Waals surface area contributed by atoms with Gasteiger partial charge in [0.1, 0.15) is 11.9 Å². The zero-order chi connectivity index (χ0) is 25.9. The van der Waals surface area contributed by atoms with Crippen molar-refractivity contribution in [1.29, 1.82) is 0 Å². The summed E-state index contributed by atoms with van der Waals surface area (Å²) < 4.78 is 6.37. The van der Waals surface area contributed by atoms with E-state index in [9.17, 15) is 4.79 Å². The molecule has 3 aromatic carbocycles. The van der Waals surface area contributed by atoms with Gasteiger partial charge in [0.05, 0.1) is 34.6 Å². The molecule has 5 rings (SSSR count). The zero-order valence-electron chi connectivity index (χ0n) is 20.4. The van der Waals surface area contributed by atoms with Crippen LogP contribution in [-0.2, 0) is 23.8 Å². The summed E-state index contributed by atoms with van der Waals surface area (Å²) in [5.41, 5.74) is 14.2. The lowest BCUT2D eigenvalue weighted by Crippen LogP contribution is -2.23. The van der Waals surface area contributed by atoms with Crippen molar-refractivity contribution in [3.8, 4) is 0 Å². The summed E-state index contributed by atoms with van der Waals surface area (Å²) in [7, 11) is 0. The first-order valence-electron chi connectivity index (χ1n) is 11.9. The van der Waals surface area contributed by atoms with E-state index in [1.807, 2.05) is 59.0 Å². The Kier molecular flexibility index (Phi) is 6.79. The molecule has 4 aromatic rings. The number of aryl methyl sites for hydroxylation is 2. The van der Waals surface area contributed by atoms with E-state index >= 15 is 0 Å². The lowest BCUT2D eigenvalue weighted by molar-refractivity contribution is 0.0751. The maximum absolute atomic E-state index is 11.8. The van der Waals surface area contributed by atoms with E-state index in [4.69, 9.17) is 22.7 Å². The molecule has 0 aliphatic carbocycles. The SMILES string of the molecule is C=C1C=C(C)C(c2cccc(CCn3c(N)nc4ccccc43)c2)=NN1Cc1cccc(C(=O)OCl)c1. The molecule has 37 heavy (non-hydrogen) atoms. The van der Waals surface area contributed by atoms with Crippen LogP contribution in [0.15, 0.2) is 102 Å². The predicted molar refractivity (Wildman–Crippen MR) is 147 cm³/mol. The number of allylic oxidation sites excluding steroid dienone is 2. The number of rotatable bonds is 7. The number of hydrogen-bond acceptors (Lipinski definition) is 6. The second-order valence-corrected chi connectivity index (χ2v) is 9.10. The Bertz CT molecular complexity index is 1570. The fraction of sp³-hybridized carbons (Fsp3) is 0.138. The highest BCUT2D eigenvalue weighted by atomic mass is 35.5. The molecule has 0 fully saturated rings. The van der Waals surface area contributed by atoms with Crippen molar-refractivity contribution in [2.45, 2.75) is 26.4 Å². The minimum atomic E-state index is -0.594. The molecule has 0 spiro atoms. The molecule has 0 bridgehead atoms. The molecule has 2 N–H and O–H groups in total. The van der Waals surface area contributed by atoms with Crippen LogP contribution in [0.2, 0.25) is 0 Å². The largest absolute Gasteiger partial charge is 0.369 e. The second-order valence-electron chi connectivity index (χ2n) is 8.95. The summed E-state index contributed by atoms with van der Waals surface area (Å²) in [6.07, 6.45) is 2.82. The summed E-state index contributed by atoms with van der Waals surface area (Å²) in [5, 5.41) is 6.75. The van der Waals surface area contributed by atoms with Crippen molar-refractivity contribution < 1.29 is 9.08 Å². The monoisotopic (exact) mass is 511 g/mol. The Morgan fingerprint density at radius 3 is 2.68 bits per heavy atom. The topological polar surface area (TPSA) is 85.7 Å². The summed E-state index contributed by atoms with van der Waals surface area (Å²) in [6, 6.07) is 23.5. The molecule has 1 aromatic heterocycles. The van der Waals surface area contributed by atoms with Crippen molar-refractivity contribution in [1.82, 2.24) is 14.6 Å². The number of imidazole rings is 1. The van der Waals surface area contributed by atoms with Gasteiger partial charge in [-0.25, -0.2) is 9.78 Å². The first-order chi connectivity index (χ1) is 17.9. The van der Waals surface area contributed by atoms with Gasteiger partial charge in [-0.2, -0.15) is 5.10 Å². The number of benzene rings is 3. The average Bonchev–Trinajstić information content (AvgIpc) is 3.23. The number of hydrazone groups is 1. The number of fused-ring (bicyclic) bond motifs is 1. The van der Waals surface area contributed by atoms with Crippen LogP contribution in [0.25, 0.3) is 11.0 Å². The maximum atomic E-state index is 11.8. The van der Waals surface area contributed by atoms with Gasteiger partial charge in [-0.15, -0.1) is 0 Å². The van der Waals surface area contributed by atoms with Crippen LogP contribution in [-0.4, -0.2) is 26.2 Å². The molecular weight excluding hydrogens is 486 g/mol. The highest BCUT2D eigenvalue weighted by molar-refractivity contribution is 6.15. The third-order valence-electron chi connectivity index (χ3n) is 6.38. The van der Waals surface area contributed by atoms with Gasteiger partial charge in [-0.3, -0.25) is 5.01 Å². The number of hydrogen-bond donors (Lipinski definition) is 1. The number of carbonyl (C=O) groups is 1. The van der Waals surface area contributed by atoms with E-state index < -0.39 is 5.97 Å². The molecule has 0 saturated heterocycles. The van der Waals surface area contributed by atoms with Crippen LogP contribution in [0.3, 0.4) is 0 Å². The summed E-state index contributed by atoms with van der Waals surface area (Å²) in [5.74, 6) is -0.0755. The molecule has 0 atom stereocenters. The standard InChI is InChI=1S/C29H26ClN5O2/c1-19-15-20(2)35(18-22-8-6-10-24(17-22)28(36)37-30)33-27(19)23-9-5-7-21(16-23)13-14-34-26-12-4-3-11-25(26)32-29(34)31/h3-12,15-17H,2,13-14,18H2,1H3,(H2,31,32). The molecule has 8 heteroatoms. The molecule has 2 heterocycles. The van der Waals surface area contributed by atoms with Gasteiger partial charge in [0.25, 0.3) is 0 Å². The highest BCUT2D eigenvalue weighted by Crippen LogP contribution is 2.24. The third kappa shape index (κ3) is 5.13. The first-order valence-corrected chi connectivity index (χ1v) is 12.2. The molecule has 1 aliphatic heterocycles. The van der Waals surface area contributed by atoms with Gasteiger partial charge < -0.3 is 14.6 Å². The average molecular weight is 512 g/mol. The fourth-order valence-corrected chi connectivity index (χ4v) is 4.63. The van der Waals surface area contributed by atoms with Crippen molar-refractivity contribution in [2.24, 2.45) is 5.10 Å². The third-order valence-corrected chi connectivity index (χ3v) is 6.52. The van der Waals surface area contributed by atoms with E-state index in [0.29, 0.717) is 18.1 Å². The van der Waals surface area contributed by atoms with Gasteiger partial charge in [0.15, 0.2) is 0 Å². The van der Waals surface area contributed by atoms with E-state index in [-0.39, 0.29) is 0 Å². The Labute approximate surface area is 220 Å². The number of anilines is 1. The predicted octanol–water partition coefficient (Wildman–Crippen LogP) is 5.85. The number of para-hydroxylation sites is 2. The molecule has 0 amide bonds. The van der Waals surface area contributed by atoms with Crippen LogP contribution < -0.4 is 5.73 Å². The summed E-state index contributed by atoms with van der Waals surface area (Å²) in [6.45, 7) is 7.36. The Hall–Kier alpha value is -4.36. The van der Waals surface area contributed by atoms with Gasteiger partial charge in [0, 0.05) is 12.1 Å². The smallest absolute Gasteiger partial charge is 0.356 e. The van der Waals surface area contributed by atoms with E-state index in [0.717, 1.165) is 52.1 Å². The lowest BCUT2D eigenvalue weighted by Gasteiger charge is -2.26. The first kappa shape index (κ1) is 24.3. The minimum absolute atomic E-state index is 0.380. The maximum Gasteiger partial charge on any atom is 0.356 e. The van der Waals surface area contributed by atoms with Gasteiger partial charge in [0.2, 0.25) is 5.95 Å². The van der Waals surface area contributed by atoms with Crippen LogP contribution in [0, 0.1) is 0 Å². The molecular formula is C29H26ClN5O2. The van der Waals surface area contributed by atoms with E-state index in [1.54, 1.807) is 18.2 Å². The normalized spacial score (nSPS) is 13.5. The highest BCUT2D eigenvalue weighted by Gasteiger charge is 2.18. The second kappa shape index (κ2) is 10.3. The Balaban J connectivity index is 1.37. The molecule has 7 nitrogen and oxygen atoms in total. The Morgan fingerprint density at radius 2 is 1.84 bits per heavy atom. The van der Waals surface area contributed by atoms with Crippen molar-refractivity contribution in [3.63, 3.8) is 0 Å². The zero-order valence-corrected chi connectivity index (χ0v) is 21.2. The van der Waals surface area contributed by atoms with Crippen molar-refractivity contribution in [2.75, 3.05) is 5.73 Å². The fourth-order valence-electron chi connectivity index (χ4n) is 4.54. The van der Waals surface area contributed by atoms with Gasteiger partial charge in [-0.05, 0) is 66.5 Å². The van der Waals surface area contributed by atoms with E-state index in [2.05, 4.69) is 34.1 Å². The van der Waals surface area contributed by atoms with Crippen molar-refractivity contribution in [3.05, 3.63) is 119 Å². The quantitative estimate of drug-likeness (QED) is 0.336. The van der Waals surface area contributed by atoms with Gasteiger partial charge >= 0.3 is 5.97 Å². The summed E-state index contributed by atoms with van der Waals surface area (Å²) in [4.78, 5) is 16.3. The molecule has 1 aliphatic rings. The molecule has 0 unspecified atom stereocenters. The number of halogens is 1. The van der Waals surface area contributed by atoms with Crippen LogP contribution in [0.1, 0.15) is 34.0 Å². The number of carbonyl (C=O) groups excluding carboxylic acids is 1. The van der Waals surface area contributed by atoms with E-state index in [1.165, 1.54) is 5.56 Å². The molecule has 186 valence electrons. The number of nitrogen functional groups attached to an aromatic ring is 1. The molecule has 0 saturated carbocycles. The molecule has 0 radical (unpaired) electrons. The lowest BCUT2D eigenvalue weighted by atomic mass is 9.98. The summed E-state index contributed by atoms with van der Waals surface area (Å²) >= 11 is 5.24. The number of nitrogens with zero attached hydrogens (tertiary/aromatic N) is 4. The van der Waals surface area contributed by atoms with Crippen LogP contribution in [0.5, 0.6) is 0 Å². The minimum Gasteiger partial charge on any atom is -0.369 e.